The van der Waals surface area contributed by atoms with E-state index in [0.29, 0.717) is 41.4 Å². The number of benzene rings is 2. The Labute approximate surface area is 173 Å². The van der Waals surface area contributed by atoms with E-state index < -0.39 is 0 Å². The number of carbonyl (C=O) groups excluding carboxylic acids is 2. The van der Waals surface area contributed by atoms with E-state index >= 15 is 0 Å². The topological polar surface area (TPSA) is 93.5 Å². The molecular weight excluding hydrogens is 394 g/mol. The van der Waals surface area contributed by atoms with Crippen LogP contribution in [0, 0.1) is 6.92 Å². The molecule has 0 radical (unpaired) electrons. The van der Waals surface area contributed by atoms with Crippen molar-refractivity contribution < 1.29 is 18.8 Å². The summed E-state index contributed by atoms with van der Waals surface area (Å²) in [6, 6.07) is 14.0. The van der Waals surface area contributed by atoms with Gasteiger partial charge in [-0.05, 0) is 25.1 Å². The first-order valence-electron chi connectivity index (χ1n) is 8.91. The first-order chi connectivity index (χ1) is 14.0. The first kappa shape index (κ1) is 20.6. The third kappa shape index (κ3) is 4.82. The summed E-state index contributed by atoms with van der Waals surface area (Å²) in [6.45, 7) is 2.45. The normalized spacial score (nSPS) is 10.6. The number of halogens is 1. The lowest BCUT2D eigenvalue weighted by molar-refractivity contribution is 0.0936. The second kappa shape index (κ2) is 9.36. The average Bonchev–Trinajstić information content (AvgIpc) is 3.10. The van der Waals surface area contributed by atoms with Crippen LogP contribution in [0.4, 0.5) is 5.69 Å². The quantitative estimate of drug-likeness (QED) is 0.572. The molecule has 0 spiro atoms. The van der Waals surface area contributed by atoms with Crippen molar-refractivity contribution in [1.82, 2.24) is 10.5 Å². The summed E-state index contributed by atoms with van der Waals surface area (Å²) >= 11 is 6.23. The van der Waals surface area contributed by atoms with Crippen LogP contribution in [0.2, 0.25) is 5.02 Å². The summed E-state index contributed by atoms with van der Waals surface area (Å²) in [6.07, 6.45) is 0. The van der Waals surface area contributed by atoms with Crippen molar-refractivity contribution in [2.45, 2.75) is 6.92 Å². The molecule has 7 nitrogen and oxygen atoms in total. The monoisotopic (exact) mass is 413 g/mol. The molecule has 29 heavy (non-hydrogen) atoms. The third-order valence-corrected chi connectivity index (χ3v) is 4.51. The number of ether oxygens (including phenoxy) is 1. The Morgan fingerprint density at radius 3 is 2.59 bits per heavy atom. The van der Waals surface area contributed by atoms with Crippen molar-refractivity contribution in [2.75, 3.05) is 25.6 Å². The number of amides is 2. The highest BCUT2D eigenvalue weighted by molar-refractivity contribution is 6.34. The number of methoxy groups -OCH3 is 1. The van der Waals surface area contributed by atoms with Crippen molar-refractivity contribution >= 4 is 29.1 Å². The Hall–Kier alpha value is -3.16. The highest BCUT2D eigenvalue weighted by Gasteiger charge is 2.22. The van der Waals surface area contributed by atoms with Gasteiger partial charge in [-0.1, -0.05) is 47.1 Å². The number of hydrogen-bond donors (Lipinski definition) is 2. The van der Waals surface area contributed by atoms with Crippen molar-refractivity contribution in [1.29, 1.82) is 0 Å². The lowest BCUT2D eigenvalue weighted by Gasteiger charge is -2.10. The predicted molar refractivity (Wildman–Crippen MR) is 110 cm³/mol. The molecule has 1 heterocycles. The van der Waals surface area contributed by atoms with Crippen LogP contribution in [0.1, 0.15) is 26.5 Å². The maximum absolute atomic E-state index is 12.8. The van der Waals surface area contributed by atoms with Crippen LogP contribution in [0.25, 0.3) is 11.3 Å². The van der Waals surface area contributed by atoms with Gasteiger partial charge in [0.25, 0.3) is 11.8 Å². The van der Waals surface area contributed by atoms with Gasteiger partial charge in [0.15, 0.2) is 0 Å². The molecule has 0 aliphatic carbocycles. The molecule has 8 heteroatoms. The highest BCUT2D eigenvalue weighted by atomic mass is 35.5. The fourth-order valence-corrected chi connectivity index (χ4v) is 3.03. The second-order valence-corrected chi connectivity index (χ2v) is 6.63. The summed E-state index contributed by atoms with van der Waals surface area (Å²) in [5.74, 6) is -0.288. The molecule has 0 bridgehead atoms. The maximum Gasteiger partial charge on any atom is 0.261 e. The molecule has 3 rings (SSSR count). The highest BCUT2D eigenvalue weighted by Crippen LogP contribution is 2.27. The van der Waals surface area contributed by atoms with E-state index in [0.717, 1.165) is 5.56 Å². The Kier molecular flexibility index (Phi) is 6.64. The zero-order valence-electron chi connectivity index (χ0n) is 16.0. The van der Waals surface area contributed by atoms with E-state index in [1.807, 2.05) is 30.3 Å². The van der Waals surface area contributed by atoms with Crippen LogP contribution in [0.15, 0.2) is 53.1 Å². The number of aromatic nitrogens is 1. The number of anilines is 1. The van der Waals surface area contributed by atoms with Gasteiger partial charge in [0.2, 0.25) is 0 Å². The van der Waals surface area contributed by atoms with Gasteiger partial charge in [-0.2, -0.15) is 0 Å². The van der Waals surface area contributed by atoms with Gasteiger partial charge < -0.3 is 19.9 Å². The van der Waals surface area contributed by atoms with Gasteiger partial charge in [0.05, 0.1) is 17.2 Å². The SMILES string of the molecule is COCCNC(=O)c1ccc(NC(=O)c2c(-c3ccccc3)noc2C)cc1Cl. The minimum atomic E-state index is -0.379. The molecule has 2 N–H and O–H groups in total. The third-order valence-electron chi connectivity index (χ3n) is 4.20. The molecule has 0 unspecified atom stereocenters. The Bertz CT molecular complexity index is 1020. The molecule has 0 saturated heterocycles. The lowest BCUT2D eigenvalue weighted by Crippen LogP contribution is -2.27. The van der Waals surface area contributed by atoms with E-state index in [1.54, 1.807) is 26.2 Å². The van der Waals surface area contributed by atoms with E-state index in [9.17, 15) is 9.59 Å². The predicted octanol–water partition coefficient (Wildman–Crippen LogP) is 3.93. The van der Waals surface area contributed by atoms with E-state index in [4.69, 9.17) is 20.9 Å². The van der Waals surface area contributed by atoms with Crippen LogP contribution in [0.3, 0.4) is 0 Å². The van der Waals surface area contributed by atoms with Crippen molar-refractivity contribution in [2.24, 2.45) is 0 Å². The molecule has 2 amide bonds. The summed E-state index contributed by atoms with van der Waals surface area (Å²) in [5, 5.41) is 9.72. The molecule has 0 saturated carbocycles. The van der Waals surface area contributed by atoms with Gasteiger partial charge in [-0.3, -0.25) is 9.59 Å². The number of rotatable bonds is 7. The molecule has 0 fully saturated rings. The van der Waals surface area contributed by atoms with Crippen molar-refractivity contribution in [3.8, 4) is 11.3 Å². The smallest absolute Gasteiger partial charge is 0.261 e. The number of carbonyl (C=O) groups is 2. The van der Waals surface area contributed by atoms with Crippen molar-refractivity contribution in [3.05, 3.63) is 70.4 Å². The lowest BCUT2D eigenvalue weighted by atomic mass is 10.1. The molecule has 0 aliphatic rings. The van der Waals surface area contributed by atoms with Crippen LogP contribution < -0.4 is 10.6 Å². The van der Waals surface area contributed by atoms with Crippen LogP contribution in [-0.2, 0) is 4.74 Å². The summed E-state index contributed by atoms with van der Waals surface area (Å²) in [7, 11) is 1.55. The Morgan fingerprint density at radius 1 is 1.14 bits per heavy atom. The van der Waals surface area contributed by atoms with E-state index in [2.05, 4.69) is 15.8 Å². The minimum absolute atomic E-state index is 0.225. The molecule has 1 aromatic heterocycles. The number of hydrogen-bond acceptors (Lipinski definition) is 5. The van der Waals surface area contributed by atoms with Crippen molar-refractivity contribution in [3.63, 3.8) is 0 Å². The zero-order valence-corrected chi connectivity index (χ0v) is 16.7. The van der Waals surface area contributed by atoms with Crippen LogP contribution >= 0.6 is 11.6 Å². The number of aryl methyl sites for hydroxylation is 1. The summed E-state index contributed by atoms with van der Waals surface area (Å²) in [4.78, 5) is 25.0. The van der Waals surface area contributed by atoms with Gasteiger partial charge in [0.1, 0.15) is 17.0 Å². The summed E-state index contributed by atoms with van der Waals surface area (Å²) < 4.78 is 10.1. The van der Waals surface area contributed by atoms with Crippen LogP contribution in [-0.4, -0.2) is 37.2 Å². The van der Waals surface area contributed by atoms with Gasteiger partial charge in [0, 0.05) is 24.9 Å². The van der Waals surface area contributed by atoms with Gasteiger partial charge >= 0.3 is 0 Å². The van der Waals surface area contributed by atoms with Gasteiger partial charge in [-0.25, -0.2) is 0 Å². The number of nitrogens with one attached hydrogen (secondary N) is 2. The van der Waals surface area contributed by atoms with E-state index in [-0.39, 0.29) is 16.8 Å². The Morgan fingerprint density at radius 2 is 1.90 bits per heavy atom. The maximum atomic E-state index is 12.8. The fourth-order valence-electron chi connectivity index (χ4n) is 2.77. The van der Waals surface area contributed by atoms with Crippen LogP contribution in [0.5, 0.6) is 0 Å². The van der Waals surface area contributed by atoms with E-state index in [1.165, 1.54) is 6.07 Å². The standard InChI is InChI=1S/C21H20ClN3O4/c1-13-18(19(25-29-13)14-6-4-3-5-7-14)21(27)24-15-8-9-16(17(22)12-15)20(26)23-10-11-28-2/h3-9,12H,10-11H2,1-2H3,(H,23,26)(H,24,27). The second-order valence-electron chi connectivity index (χ2n) is 6.23. The molecular formula is C21H20ClN3O4. The first-order valence-corrected chi connectivity index (χ1v) is 9.28. The minimum Gasteiger partial charge on any atom is -0.383 e. The number of nitrogens with zero attached hydrogens (tertiary/aromatic N) is 1. The molecule has 0 atom stereocenters. The largest absolute Gasteiger partial charge is 0.383 e. The zero-order chi connectivity index (χ0) is 20.8. The molecule has 3 aromatic rings. The molecule has 0 aliphatic heterocycles. The fraction of sp³-hybridized carbons (Fsp3) is 0.190. The average molecular weight is 414 g/mol. The summed E-state index contributed by atoms with van der Waals surface area (Å²) in [5.41, 5.74) is 2.34. The van der Waals surface area contributed by atoms with Gasteiger partial charge in [-0.15, -0.1) is 0 Å². The molecule has 2 aromatic carbocycles. The Balaban J connectivity index is 1.78. The molecule has 150 valence electrons.